The molecule has 4 nitrogen and oxygen atoms in total. The topological polar surface area (TPSA) is 49.8 Å². The number of ether oxygens (including phenoxy) is 1. The number of ketones is 1. The molecule has 0 bridgehead atoms. The van der Waals surface area contributed by atoms with Gasteiger partial charge in [-0.2, -0.15) is 0 Å². The van der Waals surface area contributed by atoms with Crippen LogP contribution in [0, 0.1) is 5.92 Å². The first-order valence-corrected chi connectivity index (χ1v) is 5.43. The molecular weight excluding hydrogens is 194 g/mol. The summed E-state index contributed by atoms with van der Waals surface area (Å²) in [7, 11) is 0. The maximum Gasteiger partial charge on any atom is 0.170 e. The second kappa shape index (κ2) is 3.27. The number of hydrogen-bond acceptors (Lipinski definition) is 4. The first kappa shape index (κ1) is 11.0. The van der Waals surface area contributed by atoms with Crippen LogP contribution in [0.2, 0.25) is 0 Å². The molecule has 4 heteroatoms. The molecular formula is C11H19NO3. The van der Waals surface area contributed by atoms with Crippen molar-refractivity contribution in [3.8, 4) is 0 Å². The molecule has 2 heterocycles. The molecule has 2 saturated heterocycles. The van der Waals surface area contributed by atoms with E-state index in [9.17, 15) is 9.90 Å². The number of carbonyl (C=O) groups is 1. The average Bonchev–Trinajstić information content (AvgIpc) is 2.29. The van der Waals surface area contributed by atoms with Gasteiger partial charge >= 0.3 is 0 Å². The van der Waals surface area contributed by atoms with Crippen LogP contribution in [0.1, 0.15) is 20.8 Å². The minimum absolute atomic E-state index is 0.0175. The van der Waals surface area contributed by atoms with Crippen LogP contribution in [0.25, 0.3) is 0 Å². The lowest BCUT2D eigenvalue weighted by Crippen LogP contribution is -2.61. The molecule has 0 radical (unpaired) electrons. The van der Waals surface area contributed by atoms with E-state index in [2.05, 4.69) is 4.90 Å². The van der Waals surface area contributed by atoms with Gasteiger partial charge in [-0.1, -0.05) is 0 Å². The van der Waals surface area contributed by atoms with Crippen LogP contribution >= 0.6 is 0 Å². The van der Waals surface area contributed by atoms with Gasteiger partial charge in [0, 0.05) is 19.6 Å². The molecule has 0 saturated carbocycles. The Morgan fingerprint density at radius 2 is 2.07 bits per heavy atom. The Kier molecular flexibility index (Phi) is 2.41. The summed E-state index contributed by atoms with van der Waals surface area (Å²) in [5.74, 6) is 0.171. The quantitative estimate of drug-likeness (QED) is 0.704. The highest BCUT2D eigenvalue weighted by atomic mass is 16.5. The maximum absolute atomic E-state index is 11.8. The number of likely N-dealkylation sites (tertiary alicyclic amines) is 1. The molecule has 86 valence electrons. The largest absolute Gasteiger partial charge is 0.388 e. The molecule has 1 unspecified atom stereocenters. The maximum atomic E-state index is 11.8. The van der Waals surface area contributed by atoms with Crippen molar-refractivity contribution in [2.75, 3.05) is 26.2 Å². The van der Waals surface area contributed by atoms with Crippen molar-refractivity contribution in [1.29, 1.82) is 0 Å². The average molecular weight is 213 g/mol. The fraction of sp³-hybridized carbons (Fsp3) is 0.909. The van der Waals surface area contributed by atoms with Gasteiger partial charge in [0.1, 0.15) is 5.60 Å². The minimum Gasteiger partial charge on any atom is -0.388 e. The third-order valence-electron chi connectivity index (χ3n) is 3.22. The van der Waals surface area contributed by atoms with E-state index in [4.69, 9.17) is 4.74 Å². The van der Waals surface area contributed by atoms with Gasteiger partial charge in [0.05, 0.1) is 18.1 Å². The summed E-state index contributed by atoms with van der Waals surface area (Å²) >= 11 is 0. The first-order valence-electron chi connectivity index (χ1n) is 5.43. The molecule has 0 aromatic carbocycles. The van der Waals surface area contributed by atoms with Gasteiger partial charge in [-0.25, -0.2) is 0 Å². The van der Waals surface area contributed by atoms with E-state index in [0.29, 0.717) is 19.7 Å². The van der Waals surface area contributed by atoms with Crippen LogP contribution < -0.4 is 0 Å². The lowest BCUT2D eigenvalue weighted by Gasteiger charge is -2.45. The fourth-order valence-corrected chi connectivity index (χ4v) is 2.44. The molecule has 0 aliphatic carbocycles. The smallest absolute Gasteiger partial charge is 0.170 e. The number of hydrogen-bond donors (Lipinski definition) is 1. The van der Waals surface area contributed by atoms with E-state index in [1.54, 1.807) is 0 Å². The molecule has 15 heavy (non-hydrogen) atoms. The van der Waals surface area contributed by atoms with Gasteiger partial charge in [0.25, 0.3) is 0 Å². The van der Waals surface area contributed by atoms with Gasteiger partial charge in [0.15, 0.2) is 5.78 Å². The summed E-state index contributed by atoms with van der Waals surface area (Å²) in [5, 5.41) is 9.57. The van der Waals surface area contributed by atoms with Crippen LogP contribution in [0.15, 0.2) is 0 Å². The predicted octanol–water partition coefficient (Wildman–Crippen LogP) is 0.0471. The van der Waals surface area contributed by atoms with Crippen molar-refractivity contribution < 1.29 is 14.6 Å². The molecule has 2 aliphatic rings. The highest BCUT2D eigenvalue weighted by Crippen LogP contribution is 2.28. The number of β-amino-alcohol motifs (C(OH)–C–C–N with tert-alkyl or cyclic N) is 1. The Balaban J connectivity index is 1.85. The monoisotopic (exact) mass is 213 g/mol. The second-order valence-corrected chi connectivity index (χ2v) is 5.55. The standard InChI is InChI=1S/C11H19NO3/c1-10(2)9(13)8(5-15-10)4-12-6-11(3,14)7-12/h8,14H,4-7H2,1-3H3. The van der Waals surface area contributed by atoms with E-state index in [1.807, 2.05) is 20.8 Å². The lowest BCUT2D eigenvalue weighted by atomic mass is 9.91. The predicted molar refractivity (Wildman–Crippen MR) is 55.6 cm³/mol. The van der Waals surface area contributed by atoms with E-state index in [1.165, 1.54) is 0 Å². The van der Waals surface area contributed by atoms with Crippen LogP contribution in [0.5, 0.6) is 0 Å². The summed E-state index contributed by atoms with van der Waals surface area (Å²) in [6, 6.07) is 0. The second-order valence-electron chi connectivity index (χ2n) is 5.55. The van der Waals surface area contributed by atoms with Crippen molar-refractivity contribution >= 4 is 5.78 Å². The minimum atomic E-state index is -0.613. The van der Waals surface area contributed by atoms with Crippen LogP contribution in [-0.2, 0) is 9.53 Å². The third-order valence-corrected chi connectivity index (χ3v) is 3.22. The summed E-state index contributed by atoms with van der Waals surface area (Å²) in [5.41, 5.74) is -1.17. The fourth-order valence-electron chi connectivity index (χ4n) is 2.44. The number of Topliss-reactive ketones (excluding diaryl/α,β-unsaturated/α-hetero) is 1. The van der Waals surface area contributed by atoms with Gasteiger partial charge in [-0.05, 0) is 20.8 Å². The summed E-state index contributed by atoms with van der Waals surface area (Å²) in [6.45, 7) is 8.03. The molecule has 0 aromatic heterocycles. The molecule has 2 rings (SSSR count). The van der Waals surface area contributed by atoms with Gasteiger partial charge in [0.2, 0.25) is 0 Å². The third kappa shape index (κ3) is 2.07. The zero-order valence-electron chi connectivity index (χ0n) is 9.62. The molecule has 1 atom stereocenters. The molecule has 0 amide bonds. The van der Waals surface area contributed by atoms with Crippen molar-refractivity contribution in [3.05, 3.63) is 0 Å². The Hall–Kier alpha value is -0.450. The van der Waals surface area contributed by atoms with Crippen molar-refractivity contribution in [2.45, 2.75) is 32.0 Å². The number of carbonyl (C=O) groups excluding carboxylic acids is 1. The Bertz CT molecular complexity index is 278. The van der Waals surface area contributed by atoms with Crippen molar-refractivity contribution in [1.82, 2.24) is 4.90 Å². The summed E-state index contributed by atoms with van der Waals surface area (Å²) in [4.78, 5) is 14.0. The summed E-state index contributed by atoms with van der Waals surface area (Å²) < 4.78 is 5.45. The van der Waals surface area contributed by atoms with Gasteiger partial charge < -0.3 is 9.84 Å². The van der Waals surface area contributed by atoms with E-state index in [0.717, 1.165) is 6.54 Å². The number of nitrogens with zero attached hydrogens (tertiary/aromatic N) is 1. The first-order chi connectivity index (χ1) is 6.80. The van der Waals surface area contributed by atoms with Crippen molar-refractivity contribution in [3.63, 3.8) is 0 Å². The lowest BCUT2D eigenvalue weighted by molar-refractivity contribution is -0.132. The zero-order valence-corrected chi connectivity index (χ0v) is 9.62. The molecule has 2 aliphatic heterocycles. The van der Waals surface area contributed by atoms with E-state index < -0.39 is 11.2 Å². The molecule has 0 spiro atoms. The van der Waals surface area contributed by atoms with Crippen molar-refractivity contribution in [2.24, 2.45) is 5.92 Å². The van der Waals surface area contributed by atoms with Gasteiger partial charge in [-0.15, -0.1) is 0 Å². The van der Waals surface area contributed by atoms with Crippen LogP contribution in [-0.4, -0.2) is 53.2 Å². The van der Waals surface area contributed by atoms with E-state index >= 15 is 0 Å². The molecule has 0 aromatic rings. The molecule has 2 fully saturated rings. The number of aliphatic hydroxyl groups is 1. The zero-order chi connectivity index (χ0) is 11.3. The summed E-state index contributed by atoms with van der Waals surface area (Å²) in [6.07, 6.45) is 0. The normalized spacial score (nSPS) is 34.1. The SMILES string of the molecule is CC1(O)CN(CC2COC(C)(C)C2=O)C1. The van der Waals surface area contributed by atoms with Gasteiger partial charge in [-0.3, -0.25) is 9.69 Å². The highest BCUT2D eigenvalue weighted by Gasteiger charge is 2.45. The van der Waals surface area contributed by atoms with E-state index in [-0.39, 0.29) is 11.7 Å². The number of rotatable bonds is 2. The Labute approximate surface area is 90.2 Å². The van der Waals surface area contributed by atoms with Crippen LogP contribution in [0.4, 0.5) is 0 Å². The molecule has 1 N–H and O–H groups in total. The highest BCUT2D eigenvalue weighted by molar-refractivity contribution is 5.90. The Morgan fingerprint density at radius 3 is 2.47 bits per heavy atom. The Morgan fingerprint density at radius 1 is 1.47 bits per heavy atom. The van der Waals surface area contributed by atoms with Crippen LogP contribution in [0.3, 0.4) is 0 Å².